The van der Waals surface area contributed by atoms with Crippen LogP contribution in [0.15, 0.2) is 35.4 Å². The molecule has 0 aromatic carbocycles. The molecule has 2 nitrogen and oxygen atoms in total. The zero-order chi connectivity index (χ0) is 11.5. The molecule has 2 heterocycles. The van der Waals surface area contributed by atoms with Crippen LogP contribution < -0.4 is 10.3 Å². The molecule has 0 aliphatic rings. The third-order valence-corrected chi connectivity index (χ3v) is 3.33. The molecule has 4 heteroatoms. The van der Waals surface area contributed by atoms with E-state index in [4.69, 9.17) is 0 Å². The number of nitrogens with zero attached hydrogens (tertiary/aromatic N) is 2. The van der Waals surface area contributed by atoms with E-state index in [-0.39, 0.29) is 0 Å². The maximum absolute atomic E-state index is 2.21. The normalized spacial score (nSPS) is 12.1. The highest BCUT2D eigenvalue weighted by Crippen LogP contribution is 2.12. The Morgan fingerprint density at radius 1 is 1.56 bits per heavy atom. The zero-order valence-electron chi connectivity index (χ0n) is 9.84. The van der Waals surface area contributed by atoms with Gasteiger partial charge in [-0.1, -0.05) is 19.1 Å². The number of rotatable bonds is 3. The van der Waals surface area contributed by atoms with Crippen molar-refractivity contribution >= 4 is 30.4 Å². The molecule has 0 saturated carbocycles. The molecular weight excluding hydrogens is 215 g/mol. The Hall–Kier alpha value is -1.29. The number of aromatic nitrogens is 2. The monoisotopic (exact) mass is 230 g/mol. The second-order valence-electron chi connectivity index (χ2n) is 3.93. The molecule has 0 aliphatic heterocycles. The summed E-state index contributed by atoms with van der Waals surface area (Å²) in [5.41, 5.74) is 2.46. The first-order valence-electron chi connectivity index (χ1n) is 5.24. The quantitative estimate of drug-likeness (QED) is 0.555. The number of aryl methyl sites for hydroxylation is 2. The maximum atomic E-state index is 2.21. The van der Waals surface area contributed by atoms with E-state index in [9.17, 15) is 0 Å². The molecule has 2 rings (SSSR count). The smallest absolute Gasteiger partial charge is 0.125 e. The summed E-state index contributed by atoms with van der Waals surface area (Å²) in [5.74, 6) is 0. The molecule has 2 aromatic heterocycles. The number of imidazole rings is 1. The average Bonchev–Trinajstić information content (AvgIpc) is 2.83. The lowest BCUT2D eigenvalue weighted by atomic mass is 9.69. The van der Waals surface area contributed by atoms with Crippen molar-refractivity contribution in [2.75, 3.05) is 0 Å². The molecule has 0 fully saturated rings. The SMILES string of the molecule is C/C([B-]c1n(C)cc[n+]1C)=C/c1cccs1. The molecule has 0 saturated heterocycles. The molecule has 0 unspecified atom stereocenters. The van der Waals surface area contributed by atoms with Crippen molar-refractivity contribution in [2.24, 2.45) is 14.1 Å². The molecule has 0 bridgehead atoms. The van der Waals surface area contributed by atoms with Crippen LogP contribution in [-0.2, 0) is 14.1 Å². The average molecular weight is 230 g/mol. The second-order valence-corrected chi connectivity index (χ2v) is 4.91. The largest absolute Gasteiger partial charge is 0.290 e. The Morgan fingerprint density at radius 2 is 2.38 bits per heavy atom. The Balaban J connectivity index is 2.16. The lowest BCUT2D eigenvalue weighted by molar-refractivity contribution is -0.652. The van der Waals surface area contributed by atoms with Crippen molar-refractivity contribution in [1.82, 2.24) is 4.57 Å². The van der Waals surface area contributed by atoms with E-state index in [0.717, 1.165) is 0 Å². The summed E-state index contributed by atoms with van der Waals surface area (Å²) in [6, 6.07) is 4.21. The minimum atomic E-state index is 1.20. The van der Waals surface area contributed by atoms with Gasteiger partial charge in [0.05, 0.1) is 14.1 Å². The molecular formula is C12H15BN2S. The van der Waals surface area contributed by atoms with Crippen LogP contribution in [0, 0.1) is 0 Å². The van der Waals surface area contributed by atoms with Crippen molar-refractivity contribution in [2.45, 2.75) is 6.92 Å². The van der Waals surface area contributed by atoms with Gasteiger partial charge in [-0.15, -0.1) is 11.3 Å². The summed E-state index contributed by atoms with van der Waals surface area (Å²) in [6.45, 7) is 2.13. The Labute approximate surface area is 101 Å². The maximum Gasteiger partial charge on any atom is 0.125 e. The van der Waals surface area contributed by atoms with Crippen molar-refractivity contribution in [3.05, 3.63) is 40.3 Å². The summed E-state index contributed by atoms with van der Waals surface area (Å²) in [6.07, 6.45) is 6.33. The van der Waals surface area contributed by atoms with Gasteiger partial charge in [-0.25, -0.2) is 0 Å². The first-order chi connectivity index (χ1) is 7.66. The molecule has 82 valence electrons. The van der Waals surface area contributed by atoms with Crippen molar-refractivity contribution in [3.63, 3.8) is 0 Å². The van der Waals surface area contributed by atoms with Crippen molar-refractivity contribution < 1.29 is 4.57 Å². The van der Waals surface area contributed by atoms with Gasteiger partial charge in [0, 0.05) is 10.6 Å². The summed E-state index contributed by atoms with van der Waals surface area (Å²) in [5, 5.41) is 2.10. The predicted molar refractivity (Wildman–Crippen MR) is 69.9 cm³/mol. The molecule has 0 atom stereocenters. The lowest BCUT2D eigenvalue weighted by Crippen LogP contribution is -2.49. The molecule has 0 N–H and O–H groups in total. The summed E-state index contributed by atoms with van der Waals surface area (Å²) >= 11 is 1.76. The molecule has 0 amide bonds. The topological polar surface area (TPSA) is 8.81 Å². The van der Waals surface area contributed by atoms with E-state index < -0.39 is 0 Å². The Morgan fingerprint density at radius 3 is 2.94 bits per heavy atom. The van der Waals surface area contributed by atoms with Crippen molar-refractivity contribution in [3.8, 4) is 0 Å². The van der Waals surface area contributed by atoms with Crippen LogP contribution in [0.2, 0.25) is 0 Å². The third-order valence-electron chi connectivity index (χ3n) is 2.51. The second kappa shape index (κ2) is 4.70. The van der Waals surface area contributed by atoms with Crippen LogP contribution in [0.4, 0.5) is 0 Å². The number of thiophene rings is 1. The van der Waals surface area contributed by atoms with Crippen LogP contribution in [0.5, 0.6) is 0 Å². The van der Waals surface area contributed by atoms with E-state index >= 15 is 0 Å². The molecule has 16 heavy (non-hydrogen) atoms. The molecule has 2 aromatic rings. The van der Waals surface area contributed by atoms with Gasteiger partial charge in [-0.05, 0) is 11.4 Å². The van der Waals surface area contributed by atoms with Gasteiger partial charge in [0.2, 0.25) is 0 Å². The number of hydrogen-bond acceptors (Lipinski definition) is 1. The van der Waals surface area contributed by atoms with Crippen molar-refractivity contribution in [1.29, 1.82) is 0 Å². The van der Waals surface area contributed by atoms with Gasteiger partial charge >= 0.3 is 0 Å². The highest BCUT2D eigenvalue weighted by atomic mass is 32.1. The van der Waals surface area contributed by atoms with E-state index in [0.29, 0.717) is 0 Å². The third kappa shape index (κ3) is 2.45. The highest BCUT2D eigenvalue weighted by Gasteiger charge is 1.98. The first kappa shape index (κ1) is 11.2. The van der Waals surface area contributed by atoms with Crippen LogP contribution in [0.1, 0.15) is 11.8 Å². The van der Waals surface area contributed by atoms with Gasteiger partial charge in [0.25, 0.3) is 0 Å². The van der Waals surface area contributed by atoms with E-state index in [1.54, 1.807) is 11.3 Å². The molecule has 2 radical (unpaired) electrons. The van der Waals surface area contributed by atoms with Gasteiger partial charge in [-0.2, -0.15) is 7.28 Å². The van der Waals surface area contributed by atoms with Gasteiger partial charge < -0.3 is 0 Å². The Bertz CT molecular complexity index is 478. The fraction of sp³-hybridized carbons (Fsp3) is 0.250. The standard InChI is InChI=1S/C12H15BN2S/c1-10(9-11-5-4-8-16-11)13-12-14(2)6-7-15(12)3/h4-9H,1-3H3/b10-9-. The fourth-order valence-corrected chi connectivity index (χ4v) is 2.37. The zero-order valence-corrected chi connectivity index (χ0v) is 10.7. The number of allylic oxidation sites excluding steroid dienone is 1. The van der Waals surface area contributed by atoms with Crippen LogP contribution in [-0.4, -0.2) is 11.8 Å². The predicted octanol–water partition coefficient (Wildman–Crippen LogP) is 1.30. The van der Waals surface area contributed by atoms with Gasteiger partial charge in [0.1, 0.15) is 12.4 Å². The van der Waals surface area contributed by atoms with Crippen LogP contribution in [0.25, 0.3) is 6.08 Å². The minimum Gasteiger partial charge on any atom is -0.290 e. The minimum absolute atomic E-state index is 1.20. The Kier molecular flexibility index (Phi) is 3.29. The fourth-order valence-electron chi connectivity index (χ4n) is 1.65. The molecule has 0 aliphatic carbocycles. The van der Waals surface area contributed by atoms with E-state index in [1.807, 2.05) is 0 Å². The summed E-state index contributed by atoms with van der Waals surface area (Å²) < 4.78 is 4.23. The highest BCUT2D eigenvalue weighted by molar-refractivity contribution is 7.10. The van der Waals surface area contributed by atoms with Gasteiger partial charge in [0.15, 0.2) is 0 Å². The van der Waals surface area contributed by atoms with Gasteiger partial charge in [-0.3, -0.25) is 14.6 Å². The summed E-state index contributed by atoms with van der Waals surface area (Å²) in [4.78, 5) is 1.30. The van der Waals surface area contributed by atoms with E-state index in [2.05, 4.69) is 73.4 Å². The lowest BCUT2D eigenvalue weighted by Gasteiger charge is -2.14. The summed E-state index contributed by atoms with van der Waals surface area (Å²) in [7, 11) is 6.31. The van der Waals surface area contributed by atoms with Crippen LogP contribution >= 0.6 is 11.3 Å². The molecule has 0 spiro atoms. The first-order valence-corrected chi connectivity index (χ1v) is 6.12. The number of hydrogen-bond donors (Lipinski definition) is 0. The van der Waals surface area contributed by atoms with Crippen LogP contribution in [0.3, 0.4) is 0 Å². The van der Waals surface area contributed by atoms with E-state index in [1.165, 1.54) is 16.1 Å².